The molecule has 0 unspecified atom stereocenters. The molecule has 0 heterocycles. The second-order valence-electron chi connectivity index (χ2n) is 6.24. The summed E-state index contributed by atoms with van der Waals surface area (Å²) >= 11 is 0. The van der Waals surface area contributed by atoms with Gasteiger partial charge in [0.15, 0.2) is 0 Å². The first-order valence-corrected chi connectivity index (χ1v) is 7.85. The topological polar surface area (TPSA) is 46.5 Å². The fourth-order valence-corrected chi connectivity index (χ4v) is 2.53. The Balaban J connectivity index is 2.76. The Morgan fingerprint density at radius 1 is 1.27 bits per heavy atom. The van der Waals surface area contributed by atoms with E-state index in [2.05, 4.69) is 0 Å². The fraction of sp³-hybridized carbons (Fsp3) is 0.526. The summed E-state index contributed by atoms with van der Waals surface area (Å²) in [6, 6.07) is 5.76. The number of aliphatic hydroxyl groups excluding tert-OH is 1. The molecule has 0 bridgehead atoms. The molecule has 0 aliphatic carbocycles. The lowest BCUT2D eigenvalue weighted by molar-refractivity contribution is -0.143. The quantitative estimate of drug-likeness (QED) is 0.487. The van der Waals surface area contributed by atoms with E-state index in [0.717, 1.165) is 17.5 Å². The van der Waals surface area contributed by atoms with Crippen LogP contribution < -0.4 is 4.74 Å². The van der Waals surface area contributed by atoms with Gasteiger partial charge >= 0.3 is 5.97 Å². The van der Waals surface area contributed by atoms with Gasteiger partial charge in [0.1, 0.15) is 5.75 Å². The van der Waals surface area contributed by atoms with Gasteiger partial charge in [0.05, 0.1) is 12.0 Å². The molecule has 122 valence electrons. The molecule has 0 aliphatic heterocycles. The van der Waals surface area contributed by atoms with Gasteiger partial charge in [-0.15, -0.1) is 0 Å². The minimum Gasteiger partial charge on any atom is -0.426 e. The molecule has 1 aromatic carbocycles. The van der Waals surface area contributed by atoms with Crippen LogP contribution in [0.25, 0.3) is 0 Å². The Labute approximate surface area is 134 Å². The molecule has 0 spiro atoms. The van der Waals surface area contributed by atoms with Crippen LogP contribution in [0.3, 0.4) is 0 Å². The van der Waals surface area contributed by atoms with Crippen molar-refractivity contribution in [2.45, 2.75) is 54.1 Å². The first-order chi connectivity index (χ1) is 10.3. The molecule has 0 radical (unpaired) electrons. The predicted octanol–water partition coefficient (Wildman–Crippen LogP) is 4.20. The first-order valence-electron chi connectivity index (χ1n) is 7.85. The third-order valence-electron chi connectivity index (χ3n) is 4.22. The largest absolute Gasteiger partial charge is 0.426 e. The van der Waals surface area contributed by atoms with Crippen LogP contribution in [0, 0.1) is 25.7 Å². The van der Waals surface area contributed by atoms with Crippen molar-refractivity contribution in [1.82, 2.24) is 0 Å². The van der Waals surface area contributed by atoms with Crippen LogP contribution in [0.5, 0.6) is 5.75 Å². The number of hydrogen-bond donors (Lipinski definition) is 1. The van der Waals surface area contributed by atoms with E-state index in [0.29, 0.717) is 5.75 Å². The minimum absolute atomic E-state index is 0.0108. The van der Waals surface area contributed by atoms with Crippen molar-refractivity contribution in [3.63, 3.8) is 0 Å². The van der Waals surface area contributed by atoms with Gasteiger partial charge in [-0.3, -0.25) is 4.79 Å². The Kier molecular flexibility index (Phi) is 6.82. The molecule has 3 atom stereocenters. The van der Waals surface area contributed by atoms with Crippen LogP contribution in [0.1, 0.15) is 45.2 Å². The van der Waals surface area contributed by atoms with Crippen molar-refractivity contribution >= 4 is 5.97 Å². The van der Waals surface area contributed by atoms with Gasteiger partial charge in [-0.1, -0.05) is 36.8 Å². The minimum atomic E-state index is -0.716. The molecule has 0 aliphatic rings. The standard InChI is InChI=1S/C19H28O3/c1-7-12(2)11-15(5)17(20)16(6)19(21)22-18-13(3)9-8-10-14(18)4/h7-10,15-17,20H,11H2,1-6H3/b12-7+/t15-,16+,17+/m1/s1. The van der Waals surface area contributed by atoms with Crippen molar-refractivity contribution in [3.05, 3.63) is 41.0 Å². The number of aliphatic hydroxyl groups is 1. The second kappa shape index (κ2) is 8.14. The number of carbonyl (C=O) groups excluding carboxylic acids is 1. The molecule has 0 aromatic heterocycles. The van der Waals surface area contributed by atoms with Gasteiger partial charge in [0, 0.05) is 0 Å². The maximum atomic E-state index is 12.3. The van der Waals surface area contributed by atoms with Gasteiger partial charge < -0.3 is 9.84 Å². The van der Waals surface area contributed by atoms with Crippen LogP contribution in [0.15, 0.2) is 29.8 Å². The Hall–Kier alpha value is -1.61. The number of hydrogen-bond acceptors (Lipinski definition) is 3. The van der Waals surface area contributed by atoms with E-state index in [9.17, 15) is 9.90 Å². The summed E-state index contributed by atoms with van der Waals surface area (Å²) in [5, 5.41) is 10.4. The first kappa shape index (κ1) is 18.4. The molecule has 1 N–H and O–H groups in total. The molecule has 0 saturated heterocycles. The van der Waals surface area contributed by atoms with E-state index in [-0.39, 0.29) is 11.9 Å². The molecule has 22 heavy (non-hydrogen) atoms. The van der Waals surface area contributed by atoms with Crippen LogP contribution in [-0.2, 0) is 4.79 Å². The van der Waals surface area contributed by atoms with Crippen LogP contribution in [0.4, 0.5) is 0 Å². The molecule has 3 nitrogen and oxygen atoms in total. The third-order valence-corrected chi connectivity index (χ3v) is 4.22. The smallest absolute Gasteiger partial charge is 0.316 e. The highest BCUT2D eigenvalue weighted by Crippen LogP contribution is 2.26. The summed E-state index contributed by atoms with van der Waals surface area (Å²) in [4.78, 5) is 12.3. The van der Waals surface area contributed by atoms with Crippen LogP contribution in [0.2, 0.25) is 0 Å². The van der Waals surface area contributed by atoms with Crippen molar-refractivity contribution < 1.29 is 14.6 Å². The summed E-state index contributed by atoms with van der Waals surface area (Å²) in [6.45, 7) is 11.5. The highest BCUT2D eigenvalue weighted by atomic mass is 16.5. The second-order valence-corrected chi connectivity index (χ2v) is 6.24. The lowest BCUT2D eigenvalue weighted by atomic mass is 9.89. The zero-order chi connectivity index (χ0) is 16.9. The summed E-state index contributed by atoms with van der Waals surface area (Å²) in [6.07, 6.45) is 2.09. The van der Waals surface area contributed by atoms with Crippen molar-refractivity contribution in [2.75, 3.05) is 0 Å². The third kappa shape index (κ3) is 4.70. The van der Waals surface area contributed by atoms with E-state index in [1.165, 1.54) is 5.57 Å². The Morgan fingerprint density at radius 2 is 1.82 bits per heavy atom. The summed E-state index contributed by atoms with van der Waals surface area (Å²) in [7, 11) is 0. The summed E-state index contributed by atoms with van der Waals surface area (Å²) in [5.41, 5.74) is 3.06. The number of benzene rings is 1. The van der Waals surface area contributed by atoms with Crippen LogP contribution >= 0.6 is 0 Å². The average molecular weight is 304 g/mol. The number of aryl methyl sites for hydroxylation is 2. The van der Waals surface area contributed by atoms with E-state index in [1.54, 1.807) is 6.92 Å². The Morgan fingerprint density at radius 3 is 2.32 bits per heavy atom. The molecule has 0 fully saturated rings. The van der Waals surface area contributed by atoms with Gasteiger partial charge in [-0.2, -0.15) is 0 Å². The SMILES string of the molecule is C/C=C(\C)C[C@@H](C)[C@H](O)[C@H](C)C(=O)Oc1c(C)cccc1C. The monoisotopic (exact) mass is 304 g/mol. The van der Waals surface area contributed by atoms with Gasteiger partial charge in [-0.05, 0) is 58.1 Å². The number of esters is 1. The van der Waals surface area contributed by atoms with Gasteiger partial charge in [0.25, 0.3) is 0 Å². The highest BCUT2D eigenvalue weighted by molar-refractivity contribution is 5.76. The highest BCUT2D eigenvalue weighted by Gasteiger charge is 2.29. The molecule has 0 amide bonds. The van der Waals surface area contributed by atoms with E-state index < -0.39 is 12.0 Å². The zero-order valence-electron chi connectivity index (χ0n) is 14.5. The van der Waals surface area contributed by atoms with E-state index >= 15 is 0 Å². The van der Waals surface area contributed by atoms with Crippen LogP contribution in [-0.4, -0.2) is 17.2 Å². The Bertz CT molecular complexity index is 525. The van der Waals surface area contributed by atoms with Crippen molar-refractivity contribution in [2.24, 2.45) is 11.8 Å². The maximum absolute atomic E-state index is 12.3. The predicted molar refractivity (Wildman–Crippen MR) is 89.9 cm³/mol. The molecule has 0 saturated carbocycles. The lowest BCUT2D eigenvalue weighted by Gasteiger charge is -2.24. The molecule has 3 heteroatoms. The van der Waals surface area contributed by atoms with E-state index in [1.807, 2.05) is 58.9 Å². The summed E-state index contributed by atoms with van der Waals surface area (Å²) < 4.78 is 5.53. The number of para-hydroxylation sites is 1. The molecular formula is C19H28O3. The average Bonchev–Trinajstić information content (AvgIpc) is 2.49. The van der Waals surface area contributed by atoms with Gasteiger partial charge in [0.2, 0.25) is 0 Å². The van der Waals surface area contributed by atoms with E-state index in [4.69, 9.17) is 4.74 Å². The number of allylic oxidation sites excluding steroid dienone is 2. The fourth-order valence-electron chi connectivity index (χ4n) is 2.53. The van der Waals surface area contributed by atoms with Gasteiger partial charge in [-0.25, -0.2) is 0 Å². The molecule has 1 rings (SSSR count). The number of rotatable bonds is 6. The number of ether oxygens (including phenoxy) is 1. The maximum Gasteiger partial charge on any atom is 0.316 e. The summed E-state index contributed by atoms with van der Waals surface area (Å²) in [5.74, 6) is -0.325. The molecule has 1 aromatic rings. The normalized spacial score (nSPS) is 16.0. The van der Waals surface area contributed by atoms with Crippen molar-refractivity contribution in [1.29, 1.82) is 0 Å². The molecular weight excluding hydrogens is 276 g/mol. The lowest BCUT2D eigenvalue weighted by Crippen LogP contribution is -2.34. The zero-order valence-corrected chi connectivity index (χ0v) is 14.5. The number of carbonyl (C=O) groups is 1. The van der Waals surface area contributed by atoms with Crippen molar-refractivity contribution in [3.8, 4) is 5.75 Å².